The Morgan fingerprint density at radius 1 is 1.62 bits per heavy atom. The van der Waals surface area contributed by atoms with Gasteiger partial charge in [0.15, 0.2) is 0 Å². The van der Waals surface area contributed by atoms with E-state index in [1.807, 2.05) is 6.07 Å². The van der Waals surface area contributed by atoms with Gasteiger partial charge in [0.2, 0.25) is 5.91 Å². The zero-order chi connectivity index (χ0) is 11.7. The summed E-state index contributed by atoms with van der Waals surface area (Å²) in [5.74, 6) is 0.619. The topological polar surface area (TPSA) is 61.5 Å². The Morgan fingerprint density at radius 3 is 3.00 bits per heavy atom. The molecule has 1 atom stereocenters. The fourth-order valence-electron chi connectivity index (χ4n) is 1.92. The summed E-state index contributed by atoms with van der Waals surface area (Å²) in [6, 6.07) is 3.63. The Bertz CT molecular complexity index is 433. The Morgan fingerprint density at radius 2 is 2.38 bits per heavy atom. The first-order valence-corrected chi connectivity index (χ1v) is 5.73. The Hall–Kier alpha value is -1.23. The molecule has 0 aliphatic carbocycles. The maximum Gasteiger partial charge on any atom is 0.225 e. The van der Waals surface area contributed by atoms with E-state index >= 15 is 0 Å². The minimum Gasteiger partial charge on any atom is -0.496 e. The van der Waals surface area contributed by atoms with Crippen LogP contribution in [0.2, 0.25) is 0 Å². The van der Waals surface area contributed by atoms with Crippen LogP contribution >= 0.6 is 15.9 Å². The average molecular weight is 286 g/mol. The lowest BCUT2D eigenvalue weighted by Crippen LogP contribution is -2.27. The summed E-state index contributed by atoms with van der Waals surface area (Å²) in [6.07, 6.45) is 0.592. The summed E-state index contributed by atoms with van der Waals surface area (Å²) in [5, 5.41) is 0. The average Bonchev–Trinajstić information content (AvgIpc) is 2.29. The molecule has 0 bridgehead atoms. The van der Waals surface area contributed by atoms with Crippen molar-refractivity contribution in [1.29, 1.82) is 0 Å². The van der Waals surface area contributed by atoms with Crippen molar-refractivity contribution in [2.75, 3.05) is 13.7 Å². The molecule has 1 amide bonds. The molecule has 1 unspecified atom stereocenters. The Balaban J connectivity index is 2.60. The van der Waals surface area contributed by atoms with Crippen LogP contribution in [0.25, 0.3) is 0 Å². The number of carbonyl (C=O) groups is 1. The summed E-state index contributed by atoms with van der Waals surface area (Å²) in [7, 11) is 1.57. The molecule has 0 aromatic heterocycles. The Labute approximate surface area is 102 Å². The van der Waals surface area contributed by atoms with Crippen molar-refractivity contribution >= 4 is 21.8 Å². The number of amides is 1. The molecule has 4 nitrogen and oxygen atoms in total. The molecule has 1 aliphatic heterocycles. The van der Waals surface area contributed by atoms with Crippen LogP contribution in [0.1, 0.15) is 17.9 Å². The van der Waals surface area contributed by atoms with Gasteiger partial charge in [-0.15, -0.1) is 0 Å². The van der Waals surface area contributed by atoms with Crippen molar-refractivity contribution < 1.29 is 14.3 Å². The van der Waals surface area contributed by atoms with E-state index in [1.165, 1.54) is 0 Å². The molecule has 1 aliphatic rings. The predicted octanol–water partition coefficient (Wildman–Crippen LogP) is 1.81. The summed E-state index contributed by atoms with van der Waals surface area (Å²) >= 11 is 3.39. The van der Waals surface area contributed by atoms with E-state index in [0.717, 1.165) is 10.0 Å². The summed E-state index contributed by atoms with van der Waals surface area (Å²) in [6.45, 7) is 0.492. The largest absolute Gasteiger partial charge is 0.496 e. The second-order valence-electron chi connectivity index (χ2n) is 3.58. The zero-order valence-electron chi connectivity index (χ0n) is 8.83. The highest BCUT2D eigenvalue weighted by Gasteiger charge is 2.30. The van der Waals surface area contributed by atoms with Gasteiger partial charge in [0.1, 0.15) is 11.5 Å². The molecule has 0 radical (unpaired) electrons. The van der Waals surface area contributed by atoms with E-state index in [0.29, 0.717) is 24.5 Å². The first-order valence-electron chi connectivity index (χ1n) is 4.93. The zero-order valence-corrected chi connectivity index (χ0v) is 10.4. The molecule has 1 aromatic carbocycles. The number of fused-ring (bicyclic) bond motifs is 1. The van der Waals surface area contributed by atoms with Crippen LogP contribution in [0.5, 0.6) is 11.5 Å². The van der Waals surface area contributed by atoms with E-state index in [2.05, 4.69) is 15.9 Å². The first-order chi connectivity index (χ1) is 7.65. The third-order valence-electron chi connectivity index (χ3n) is 2.67. The lowest BCUT2D eigenvalue weighted by atomic mass is 9.92. The third kappa shape index (κ3) is 1.75. The van der Waals surface area contributed by atoms with Gasteiger partial charge in [0.05, 0.1) is 24.1 Å². The number of carbonyl (C=O) groups excluding carboxylic acids is 1. The Kier molecular flexibility index (Phi) is 3.05. The van der Waals surface area contributed by atoms with Crippen molar-refractivity contribution in [3.63, 3.8) is 0 Å². The van der Waals surface area contributed by atoms with Crippen molar-refractivity contribution in [3.8, 4) is 11.5 Å². The molecule has 0 saturated heterocycles. The number of hydrogen-bond acceptors (Lipinski definition) is 3. The fraction of sp³-hybridized carbons (Fsp3) is 0.364. The van der Waals surface area contributed by atoms with Gasteiger partial charge < -0.3 is 15.2 Å². The van der Waals surface area contributed by atoms with Crippen LogP contribution in [0.4, 0.5) is 0 Å². The van der Waals surface area contributed by atoms with Crippen LogP contribution in [0.3, 0.4) is 0 Å². The van der Waals surface area contributed by atoms with Gasteiger partial charge in [-0.3, -0.25) is 4.79 Å². The number of ether oxygens (including phenoxy) is 2. The summed E-state index contributed by atoms with van der Waals surface area (Å²) in [5.41, 5.74) is 6.14. The monoisotopic (exact) mass is 285 g/mol. The standard InChI is InChI=1S/C11H12BrNO3/c1-15-8-3-2-7(12)10-9(8)6(11(13)14)4-5-16-10/h2-3,6H,4-5H2,1H3,(H2,13,14). The van der Waals surface area contributed by atoms with Gasteiger partial charge in [-0.25, -0.2) is 0 Å². The van der Waals surface area contributed by atoms with Gasteiger partial charge >= 0.3 is 0 Å². The molecule has 1 aromatic rings. The van der Waals surface area contributed by atoms with Gasteiger partial charge in [0, 0.05) is 5.56 Å². The molecule has 86 valence electrons. The van der Waals surface area contributed by atoms with Crippen molar-refractivity contribution in [2.24, 2.45) is 5.73 Å². The number of halogens is 1. The maximum absolute atomic E-state index is 11.4. The number of nitrogens with two attached hydrogens (primary N) is 1. The SMILES string of the molecule is COc1ccc(Br)c2c1C(C(N)=O)CCO2. The molecule has 2 rings (SSSR count). The molecular weight excluding hydrogens is 274 g/mol. The highest BCUT2D eigenvalue weighted by atomic mass is 79.9. The van der Waals surface area contributed by atoms with Crippen molar-refractivity contribution in [1.82, 2.24) is 0 Å². The van der Waals surface area contributed by atoms with Crippen LogP contribution in [0.15, 0.2) is 16.6 Å². The second-order valence-corrected chi connectivity index (χ2v) is 4.44. The highest BCUT2D eigenvalue weighted by Crippen LogP contribution is 2.44. The van der Waals surface area contributed by atoms with Crippen LogP contribution in [-0.4, -0.2) is 19.6 Å². The third-order valence-corrected chi connectivity index (χ3v) is 3.30. The highest BCUT2D eigenvalue weighted by molar-refractivity contribution is 9.10. The normalized spacial score (nSPS) is 18.5. The van der Waals surface area contributed by atoms with Crippen molar-refractivity contribution in [3.05, 3.63) is 22.2 Å². The van der Waals surface area contributed by atoms with Crippen LogP contribution < -0.4 is 15.2 Å². The molecular formula is C11H12BrNO3. The van der Waals surface area contributed by atoms with Gasteiger partial charge in [-0.2, -0.15) is 0 Å². The molecule has 16 heavy (non-hydrogen) atoms. The molecule has 0 spiro atoms. The molecule has 5 heteroatoms. The quantitative estimate of drug-likeness (QED) is 0.902. The maximum atomic E-state index is 11.4. The summed E-state index contributed by atoms with van der Waals surface area (Å²) in [4.78, 5) is 11.4. The number of primary amides is 1. The smallest absolute Gasteiger partial charge is 0.225 e. The van der Waals surface area contributed by atoms with E-state index in [4.69, 9.17) is 15.2 Å². The van der Waals surface area contributed by atoms with E-state index in [1.54, 1.807) is 13.2 Å². The lowest BCUT2D eigenvalue weighted by Gasteiger charge is -2.26. The molecule has 0 saturated carbocycles. The fourth-order valence-corrected chi connectivity index (χ4v) is 2.38. The van der Waals surface area contributed by atoms with Crippen molar-refractivity contribution in [2.45, 2.75) is 12.3 Å². The summed E-state index contributed by atoms with van der Waals surface area (Å²) < 4.78 is 11.6. The predicted molar refractivity (Wildman–Crippen MR) is 62.7 cm³/mol. The number of methoxy groups -OCH3 is 1. The number of benzene rings is 1. The minimum atomic E-state index is -0.346. The van der Waals surface area contributed by atoms with E-state index in [-0.39, 0.29) is 11.8 Å². The van der Waals surface area contributed by atoms with Crippen LogP contribution in [-0.2, 0) is 4.79 Å². The van der Waals surface area contributed by atoms with E-state index < -0.39 is 0 Å². The minimum absolute atomic E-state index is 0.337. The first kappa shape index (κ1) is 11.3. The van der Waals surface area contributed by atoms with Gasteiger partial charge in [-0.1, -0.05) is 0 Å². The van der Waals surface area contributed by atoms with Gasteiger partial charge in [-0.05, 0) is 34.5 Å². The van der Waals surface area contributed by atoms with Crippen LogP contribution in [0, 0.1) is 0 Å². The number of hydrogen-bond donors (Lipinski definition) is 1. The van der Waals surface area contributed by atoms with E-state index in [9.17, 15) is 4.79 Å². The molecule has 2 N–H and O–H groups in total. The second kappa shape index (κ2) is 4.33. The number of rotatable bonds is 2. The molecule has 0 fully saturated rings. The molecule has 1 heterocycles. The van der Waals surface area contributed by atoms with Gasteiger partial charge in [0.25, 0.3) is 0 Å². The lowest BCUT2D eigenvalue weighted by molar-refractivity contribution is -0.120.